The first-order valence-corrected chi connectivity index (χ1v) is 3.45. The van der Waals surface area contributed by atoms with Crippen LogP contribution in [0.4, 0.5) is 0 Å². The highest BCUT2D eigenvalue weighted by Gasteiger charge is 1.86. The molecule has 2 heteroatoms. The molecular formula is C9H16N2. The molecule has 0 aromatic rings. The number of rotatable bonds is 4. The molecule has 0 bridgehead atoms. The van der Waals surface area contributed by atoms with E-state index >= 15 is 0 Å². The molecule has 0 atom stereocenters. The highest BCUT2D eigenvalue weighted by Crippen LogP contribution is 2.00. The zero-order chi connectivity index (χ0) is 8.69. The molecule has 0 aliphatic carbocycles. The summed E-state index contributed by atoms with van der Waals surface area (Å²) in [4.78, 5) is 0. The van der Waals surface area contributed by atoms with Gasteiger partial charge in [0.2, 0.25) is 0 Å². The van der Waals surface area contributed by atoms with Crippen molar-refractivity contribution in [3.8, 4) is 0 Å². The van der Waals surface area contributed by atoms with Gasteiger partial charge in [0.05, 0.1) is 0 Å². The van der Waals surface area contributed by atoms with Gasteiger partial charge in [-0.3, -0.25) is 0 Å². The van der Waals surface area contributed by atoms with E-state index in [1.165, 1.54) is 6.21 Å². The molecular weight excluding hydrogens is 136 g/mol. The van der Waals surface area contributed by atoms with Crippen LogP contribution in [0.5, 0.6) is 0 Å². The standard InChI is InChI=1S/C9H14N2.H2/c1-3-9(4-5-10)6-8(2)7-11;/h3-6,10H,1,7,11H2,2H3;1H/b8-6+,9-4-,10-5?;. The SMILES string of the molecule is C=CC(=C/C=N)/C=C(\C)CN.[HH]. The van der Waals surface area contributed by atoms with Gasteiger partial charge in [0.1, 0.15) is 0 Å². The van der Waals surface area contributed by atoms with Gasteiger partial charge in [0, 0.05) is 14.2 Å². The van der Waals surface area contributed by atoms with E-state index in [4.69, 9.17) is 11.1 Å². The number of nitrogens with one attached hydrogen (secondary N) is 1. The van der Waals surface area contributed by atoms with Crippen molar-refractivity contribution in [2.75, 3.05) is 6.54 Å². The third-order valence-corrected chi connectivity index (χ3v) is 1.25. The molecule has 0 saturated heterocycles. The van der Waals surface area contributed by atoms with Crippen molar-refractivity contribution in [2.45, 2.75) is 6.92 Å². The molecule has 0 amide bonds. The van der Waals surface area contributed by atoms with Crippen LogP contribution >= 0.6 is 0 Å². The largest absolute Gasteiger partial charge is 0.327 e. The summed E-state index contributed by atoms with van der Waals surface area (Å²) in [6.07, 6.45) is 6.52. The topological polar surface area (TPSA) is 49.9 Å². The zero-order valence-electron chi connectivity index (χ0n) is 6.80. The molecule has 0 aliphatic rings. The van der Waals surface area contributed by atoms with Crippen LogP contribution in [-0.4, -0.2) is 12.8 Å². The maximum Gasteiger partial charge on any atom is 0.0183 e. The fraction of sp³-hybridized carbons (Fsp3) is 0.222. The summed E-state index contributed by atoms with van der Waals surface area (Å²) in [5, 5.41) is 6.83. The lowest BCUT2D eigenvalue weighted by Crippen LogP contribution is -1.99. The van der Waals surface area contributed by atoms with Crippen molar-refractivity contribution >= 4 is 6.21 Å². The van der Waals surface area contributed by atoms with Crippen LogP contribution in [0.1, 0.15) is 8.35 Å². The fourth-order valence-corrected chi connectivity index (χ4v) is 0.615. The van der Waals surface area contributed by atoms with E-state index in [2.05, 4.69) is 6.58 Å². The lowest BCUT2D eigenvalue weighted by atomic mass is 10.1. The monoisotopic (exact) mass is 152 g/mol. The van der Waals surface area contributed by atoms with Gasteiger partial charge in [-0.2, -0.15) is 0 Å². The minimum absolute atomic E-state index is 0. The van der Waals surface area contributed by atoms with Gasteiger partial charge in [-0.15, -0.1) is 0 Å². The minimum atomic E-state index is 0. The second-order valence-electron chi connectivity index (χ2n) is 2.23. The fourth-order valence-electron chi connectivity index (χ4n) is 0.615. The Morgan fingerprint density at radius 3 is 2.73 bits per heavy atom. The van der Waals surface area contributed by atoms with E-state index in [-0.39, 0.29) is 1.43 Å². The van der Waals surface area contributed by atoms with Gasteiger partial charge >= 0.3 is 0 Å². The quantitative estimate of drug-likeness (QED) is 0.469. The first kappa shape index (κ1) is 9.85. The molecule has 0 aromatic heterocycles. The van der Waals surface area contributed by atoms with Gasteiger partial charge < -0.3 is 11.1 Å². The molecule has 0 heterocycles. The third-order valence-electron chi connectivity index (χ3n) is 1.25. The van der Waals surface area contributed by atoms with Crippen molar-refractivity contribution in [3.63, 3.8) is 0 Å². The summed E-state index contributed by atoms with van der Waals surface area (Å²) in [6.45, 7) is 6.10. The van der Waals surface area contributed by atoms with Crippen molar-refractivity contribution in [1.82, 2.24) is 0 Å². The second kappa shape index (κ2) is 5.62. The van der Waals surface area contributed by atoms with Crippen LogP contribution in [0.15, 0.2) is 36.0 Å². The summed E-state index contributed by atoms with van der Waals surface area (Å²) in [7, 11) is 0. The Morgan fingerprint density at radius 1 is 1.73 bits per heavy atom. The Kier molecular flexibility index (Phi) is 5.03. The highest BCUT2D eigenvalue weighted by atomic mass is 14.5. The van der Waals surface area contributed by atoms with Crippen LogP contribution in [0.25, 0.3) is 0 Å². The molecule has 2 nitrogen and oxygen atoms in total. The molecule has 62 valence electrons. The zero-order valence-corrected chi connectivity index (χ0v) is 6.80. The first-order valence-electron chi connectivity index (χ1n) is 3.45. The summed E-state index contributed by atoms with van der Waals surface area (Å²) in [5.74, 6) is 0. The molecule has 3 N–H and O–H groups in total. The molecule has 11 heavy (non-hydrogen) atoms. The maximum absolute atomic E-state index is 6.83. The van der Waals surface area contributed by atoms with E-state index in [9.17, 15) is 0 Å². The third kappa shape index (κ3) is 4.28. The molecule has 0 radical (unpaired) electrons. The number of nitrogens with two attached hydrogens (primary N) is 1. The molecule has 0 rings (SSSR count). The van der Waals surface area contributed by atoms with Crippen LogP contribution < -0.4 is 5.73 Å². The summed E-state index contributed by atoms with van der Waals surface area (Å²) in [5.41, 5.74) is 7.39. The van der Waals surface area contributed by atoms with Crippen LogP contribution in [-0.2, 0) is 0 Å². The predicted octanol–water partition coefficient (Wildman–Crippen LogP) is 1.90. The Hall–Kier alpha value is -1.15. The van der Waals surface area contributed by atoms with Gasteiger partial charge in [-0.1, -0.05) is 24.3 Å². The lowest BCUT2D eigenvalue weighted by molar-refractivity contribution is 1.14. The Bertz CT molecular complexity index is 205. The Morgan fingerprint density at radius 2 is 2.36 bits per heavy atom. The number of hydrogen-bond donors (Lipinski definition) is 2. The van der Waals surface area contributed by atoms with E-state index in [1.54, 1.807) is 12.2 Å². The average molecular weight is 152 g/mol. The molecule has 0 fully saturated rings. The van der Waals surface area contributed by atoms with Gasteiger partial charge in [0.15, 0.2) is 0 Å². The van der Waals surface area contributed by atoms with Gasteiger partial charge in [-0.25, -0.2) is 0 Å². The summed E-state index contributed by atoms with van der Waals surface area (Å²) < 4.78 is 0. The van der Waals surface area contributed by atoms with E-state index < -0.39 is 0 Å². The highest BCUT2D eigenvalue weighted by molar-refractivity contribution is 5.71. The lowest BCUT2D eigenvalue weighted by Gasteiger charge is -1.95. The van der Waals surface area contributed by atoms with Gasteiger partial charge in [0.25, 0.3) is 0 Å². The maximum atomic E-state index is 6.83. The molecule has 0 aromatic carbocycles. The predicted molar refractivity (Wildman–Crippen MR) is 52.0 cm³/mol. The smallest absolute Gasteiger partial charge is 0.0183 e. The minimum Gasteiger partial charge on any atom is -0.327 e. The van der Waals surface area contributed by atoms with Crippen molar-refractivity contribution in [2.24, 2.45) is 5.73 Å². The molecule has 0 aliphatic heterocycles. The summed E-state index contributed by atoms with van der Waals surface area (Å²) >= 11 is 0. The Labute approximate surface area is 69.1 Å². The van der Waals surface area contributed by atoms with Crippen molar-refractivity contribution < 1.29 is 1.43 Å². The molecule has 0 saturated carbocycles. The van der Waals surface area contributed by atoms with Crippen LogP contribution in [0.3, 0.4) is 0 Å². The number of hydrogen-bond acceptors (Lipinski definition) is 2. The Balaban J connectivity index is 0. The van der Waals surface area contributed by atoms with Crippen molar-refractivity contribution in [1.29, 1.82) is 5.41 Å². The van der Waals surface area contributed by atoms with E-state index in [1.807, 2.05) is 13.0 Å². The number of allylic oxidation sites excluding steroid dienone is 4. The van der Waals surface area contributed by atoms with Crippen LogP contribution in [0.2, 0.25) is 0 Å². The van der Waals surface area contributed by atoms with Crippen LogP contribution in [0, 0.1) is 5.41 Å². The van der Waals surface area contributed by atoms with E-state index in [0.29, 0.717) is 6.54 Å². The first-order chi connectivity index (χ1) is 5.24. The normalized spacial score (nSPS) is 12.9. The van der Waals surface area contributed by atoms with E-state index in [0.717, 1.165) is 11.1 Å². The van der Waals surface area contributed by atoms with Crippen molar-refractivity contribution in [3.05, 3.63) is 36.0 Å². The second-order valence-corrected chi connectivity index (χ2v) is 2.23. The van der Waals surface area contributed by atoms with Gasteiger partial charge in [-0.05, 0) is 18.6 Å². The molecule has 0 spiro atoms. The molecule has 0 unspecified atom stereocenters. The average Bonchev–Trinajstić information content (AvgIpc) is 2.03. The summed E-state index contributed by atoms with van der Waals surface area (Å²) in [6, 6.07) is 0.